The third-order valence-corrected chi connectivity index (χ3v) is 8.86. The number of hydrogen-bond acceptors (Lipinski definition) is 1. The van der Waals surface area contributed by atoms with Crippen molar-refractivity contribution in [2.45, 2.75) is 62.3 Å². The lowest BCUT2D eigenvalue weighted by molar-refractivity contribution is -0.425. The van der Waals surface area contributed by atoms with E-state index in [1.807, 2.05) is 0 Å². The molecule has 6 rings (SSSR count). The van der Waals surface area contributed by atoms with E-state index in [9.17, 15) is 0 Å². The molecule has 0 N–H and O–H groups in total. The lowest BCUT2D eigenvalue weighted by Crippen LogP contribution is -2.62. The highest BCUT2D eigenvalue weighted by Crippen LogP contribution is 2.60. The molecule has 1 aromatic carbocycles. The number of nitrogens with zero attached hydrogens (tertiary/aromatic N) is 2. The molecule has 3 unspecified atom stereocenters. The molecule has 4 saturated carbocycles. The van der Waals surface area contributed by atoms with E-state index in [1.54, 1.807) is 0 Å². The first kappa shape index (κ1) is 16.6. The Labute approximate surface area is 165 Å². The summed E-state index contributed by atoms with van der Waals surface area (Å²) in [5.41, 5.74) is 5.66. The summed E-state index contributed by atoms with van der Waals surface area (Å²) in [6.45, 7) is 9.10. The SMILES string of the molecule is Cc1cc(C)c([N+]2=CN(C3C4CC5CC(C4)CC3(I)C5)CC2)c(C)c1. The number of halogens is 1. The molecule has 3 atom stereocenters. The zero-order valence-electron chi connectivity index (χ0n) is 15.8. The maximum absolute atomic E-state index is 2.88. The first-order chi connectivity index (χ1) is 11.9. The number of benzene rings is 1. The monoisotopic (exact) mass is 449 g/mol. The molecule has 0 aromatic heterocycles. The normalized spacial score (nSPS) is 39.2. The van der Waals surface area contributed by atoms with E-state index >= 15 is 0 Å². The van der Waals surface area contributed by atoms with E-state index < -0.39 is 0 Å². The van der Waals surface area contributed by atoms with Gasteiger partial charge in [0.1, 0.15) is 24.8 Å². The Morgan fingerprint density at radius 2 is 1.68 bits per heavy atom. The van der Waals surface area contributed by atoms with Crippen LogP contribution in [0.5, 0.6) is 0 Å². The standard InChI is InChI=1S/C22H30IN2/c1-14-6-15(2)20(16(3)7-14)24-4-5-25(13-24)21-19-9-17-8-18(10-19)12-22(21,23)11-17/h6-7,13,17-19,21H,4-5,8-12H2,1-3H3/q+1. The van der Waals surface area contributed by atoms with Crippen LogP contribution in [0.4, 0.5) is 5.69 Å². The van der Waals surface area contributed by atoms with Crippen molar-refractivity contribution in [3.8, 4) is 0 Å². The summed E-state index contributed by atoms with van der Waals surface area (Å²) in [6.07, 6.45) is 9.96. The molecule has 4 bridgehead atoms. The van der Waals surface area contributed by atoms with Gasteiger partial charge in [0, 0.05) is 5.92 Å². The van der Waals surface area contributed by atoms with Gasteiger partial charge < -0.3 is 0 Å². The predicted molar refractivity (Wildman–Crippen MR) is 112 cm³/mol. The van der Waals surface area contributed by atoms with Gasteiger partial charge in [0.05, 0.1) is 3.42 Å². The highest BCUT2D eigenvalue weighted by Gasteiger charge is 2.60. The molecule has 0 radical (unpaired) electrons. The molecule has 134 valence electrons. The number of hydrogen-bond donors (Lipinski definition) is 0. The van der Waals surface area contributed by atoms with Gasteiger partial charge >= 0.3 is 0 Å². The van der Waals surface area contributed by atoms with Crippen LogP contribution in [0.1, 0.15) is 48.8 Å². The van der Waals surface area contributed by atoms with Gasteiger partial charge in [0.2, 0.25) is 6.34 Å². The third-order valence-electron chi connectivity index (χ3n) is 7.34. The van der Waals surface area contributed by atoms with Gasteiger partial charge in [-0.2, -0.15) is 0 Å². The molecule has 4 aliphatic carbocycles. The molecule has 1 aromatic rings. The molecule has 3 heteroatoms. The molecule has 0 amide bonds. The largest absolute Gasteiger partial charge is 0.260 e. The van der Waals surface area contributed by atoms with Crippen LogP contribution in [0.2, 0.25) is 0 Å². The Kier molecular flexibility index (Phi) is 3.79. The Bertz CT molecular complexity index is 715. The second-order valence-electron chi connectivity index (χ2n) is 9.38. The van der Waals surface area contributed by atoms with Crippen molar-refractivity contribution in [3.63, 3.8) is 0 Å². The van der Waals surface area contributed by atoms with Crippen molar-refractivity contribution in [1.82, 2.24) is 4.90 Å². The third kappa shape index (κ3) is 2.59. The van der Waals surface area contributed by atoms with Crippen molar-refractivity contribution in [3.05, 3.63) is 28.8 Å². The van der Waals surface area contributed by atoms with Gasteiger partial charge in [-0.15, -0.1) is 0 Å². The second-order valence-corrected chi connectivity index (χ2v) is 11.5. The summed E-state index contributed by atoms with van der Waals surface area (Å²) in [5, 5.41) is 0. The number of alkyl halides is 1. The first-order valence-electron chi connectivity index (χ1n) is 10.1. The molecule has 0 spiro atoms. The average molecular weight is 449 g/mol. The fourth-order valence-electron chi connectivity index (χ4n) is 7.01. The zero-order valence-corrected chi connectivity index (χ0v) is 17.9. The lowest BCUT2D eigenvalue weighted by atomic mass is 9.54. The fraction of sp³-hybridized carbons (Fsp3) is 0.682. The average Bonchev–Trinajstić information content (AvgIpc) is 2.92. The maximum atomic E-state index is 2.88. The molecule has 5 aliphatic rings. The summed E-state index contributed by atoms with van der Waals surface area (Å²) in [7, 11) is 0. The highest BCUT2D eigenvalue weighted by atomic mass is 127. The Balaban J connectivity index is 1.47. The van der Waals surface area contributed by atoms with Gasteiger partial charge in [-0.3, -0.25) is 4.90 Å². The number of rotatable bonds is 2. The smallest absolute Gasteiger partial charge is 0.239 e. The van der Waals surface area contributed by atoms with E-state index in [-0.39, 0.29) is 0 Å². The van der Waals surface area contributed by atoms with Crippen LogP contribution in [0, 0.1) is 38.5 Å². The molecule has 4 fully saturated rings. The summed E-state index contributed by atoms with van der Waals surface area (Å²) in [6, 6.07) is 5.44. The van der Waals surface area contributed by atoms with Crippen molar-refractivity contribution in [1.29, 1.82) is 0 Å². The Morgan fingerprint density at radius 1 is 1.04 bits per heavy atom. The first-order valence-corrected chi connectivity index (χ1v) is 11.1. The zero-order chi connectivity index (χ0) is 17.3. The molecule has 2 nitrogen and oxygen atoms in total. The minimum Gasteiger partial charge on any atom is -0.260 e. The molecular weight excluding hydrogens is 419 g/mol. The molecular formula is C22H30IN2+. The van der Waals surface area contributed by atoms with Crippen molar-refractivity contribution >= 4 is 34.6 Å². The van der Waals surface area contributed by atoms with E-state index in [4.69, 9.17) is 0 Å². The predicted octanol–water partition coefficient (Wildman–Crippen LogP) is 4.98. The summed E-state index contributed by atoms with van der Waals surface area (Å²) in [4.78, 5) is 2.74. The molecule has 0 saturated heterocycles. The van der Waals surface area contributed by atoms with Gasteiger partial charge in [0.15, 0.2) is 0 Å². The minimum absolute atomic E-state index is 0.538. The summed E-state index contributed by atoms with van der Waals surface area (Å²) < 4.78 is 3.07. The van der Waals surface area contributed by atoms with Crippen LogP contribution < -0.4 is 0 Å². The van der Waals surface area contributed by atoms with Crippen LogP contribution in [0.15, 0.2) is 12.1 Å². The van der Waals surface area contributed by atoms with Crippen molar-refractivity contribution < 1.29 is 4.58 Å². The second kappa shape index (κ2) is 5.71. The summed E-state index contributed by atoms with van der Waals surface area (Å²) in [5.74, 6) is 3.01. The van der Waals surface area contributed by atoms with E-state index in [2.05, 4.69) is 71.3 Å². The maximum Gasteiger partial charge on any atom is 0.239 e. The van der Waals surface area contributed by atoms with E-state index in [1.165, 1.54) is 61.0 Å². The summed E-state index contributed by atoms with van der Waals surface area (Å²) >= 11 is 2.88. The fourth-order valence-corrected chi connectivity index (χ4v) is 9.12. The Morgan fingerprint density at radius 3 is 2.28 bits per heavy atom. The quantitative estimate of drug-likeness (QED) is 0.351. The van der Waals surface area contributed by atoms with E-state index in [0.717, 1.165) is 30.3 Å². The van der Waals surface area contributed by atoms with Crippen LogP contribution in [-0.2, 0) is 0 Å². The highest BCUT2D eigenvalue weighted by molar-refractivity contribution is 14.1. The molecule has 1 aliphatic heterocycles. The lowest BCUT2D eigenvalue weighted by Gasteiger charge is -2.58. The molecule has 1 heterocycles. The number of aryl methyl sites for hydroxylation is 3. The minimum atomic E-state index is 0.538. The van der Waals surface area contributed by atoms with Gasteiger partial charge in [-0.25, -0.2) is 4.58 Å². The van der Waals surface area contributed by atoms with Crippen LogP contribution in [0.3, 0.4) is 0 Å². The van der Waals surface area contributed by atoms with Gasteiger partial charge in [-0.1, -0.05) is 40.3 Å². The van der Waals surface area contributed by atoms with Crippen LogP contribution >= 0.6 is 22.6 Å². The van der Waals surface area contributed by atoms with Gasteiger partial charge in [-0.05, 0) is 75.8 Å². The Hall–Kier alpha value is -0.580. The van der Waals surface area contributed by atoms with Gasteiger partial charge in [0.25, 0.3) is 0 Å². The van der Waals surface area contributed by atoms with E-state index in [0.29, 0.717) is 3.42 Å². The molecule has 25 heavy (non-hydrogen) atoms. The topological polar surface area (TPSA) is 6.25 Å². The van der Waals surface area contributed by atoms with Crippen LogP contribution in [0.25, 0.3) is 0 Å². The van der Waals surface area contributed by atoms with Crippen LogP contribution in [-0.4, -0.2) is 38.4 Å². The van der Waals surface area contributed by atoms with Crippen molar-refractivity contribution in [2.24, 2.45) is 17.8 Å². The van der Waals surface area contributed by atoms with Crippen molar-refractivity contribution in [2.75, 3.05) is 13.1 Å².